The average molecular weight is 356 g/mol. The number of halogens is 1. The molecule has 1 aliphatic carbocycles. The predicted molar refractivity (Wildman–Crippen MR) is 76.1 cm³/mol. The Morgan fingerprint density at radius 2 is 2.00 bits per heavy atom. The molecule has 0 radical (unpaired) electrons. The van der Waals surface area contributed by atoms with Crippen molar-refractivity contribution >= 4 is 28.4 Å². The van der Waals surface area contributed by atoms with Gasteiger partial charge in [-0.25, -0.2) is 9.97 Å². The van der Waals surface area contributed by atoms with Crippen LogP contribution in [0, 0.1) is 17.4 Å². The highest BCUT2D eigenvalue weighted by atomic mass is 127. The number of hydrogen-bond acceptors (Lipinski definition) is 5. The van der Waals surface area contributed by atoms with Crippen LogP contribution in [0.15, 0.2) is 4.52 Å². The van der Waals surface area contributed by atoms with Gasteiger partial charge < -0.3 is 10.3 Å². The highest BCUT2D eigenvalue weighted by Gasteiger charge is 2.30. The van der Waals surface area contributed by atoms with E-state index >= 15 is 0 Å². The Labute approximate surface area is 118 Å². The minimum absolute atomic E-state index is 0.543. The predicted octanol–water partition coefficient (Wildman–Crippen LogP) is 2.81. The fourth-order valence-corrected chi connectivity index (χ4v) is 2.71. The van der Waals surface area contributed by atoms with E-state index in [1.54, 1.807) is 0 Å². The van der Waals surface area contributed by atoms with Gasteiger partial charge in [-0.15, -0.1) is 0 Å². The van der Waals surface area contributed by atoms with E-state index in [2.05, 4.69) is 37.7 Å². The van der Waals surface area contributed by atoms with Crippen LogP contribution in [-0.4, -0.2) is 15.1 Å². The number of aryl methyl sites for hydroxylation is 2. The second-order valence-corrected chi connectivity index (χ2v) is 5.68. The number of hydrogen-bond donors (Lipinski definition) is 1. The van der Waals surface area contributed by atoms with E-state index in [1.165, 1.54) is 12.8 Å². The van der Waals surface area contributed by atoms with Crippen LogP contribution in [-0.2, 0) is 0 Å². The molecule has 5 nitrogen and oxygen atoms in total. The SMILES string of the molecule is Cc1noc(C)c1-c1nc(N)c(I)c(C2CC2)n1. The normalized spacial score (nSPS) is 15.1. The minimum atomic E-state index is 0.543. The molecule has 1 fully saturated rings. The Bertz CT molecular complexity index is 599. The molecule has 0 aromatic carbocycles. The van der Waals surface area contributed by atoms with E-state index in [1.807, 2.05) is 13.8 Å². The van der Waals surface area contributed by atoms with Crippen LogP contribution in [0.1, 0.15) is 35.9 Å². The van der Waals surface area contributed by atoms with Gasteiger partial charge in [0.1, 0.15) is 11.6 Å². The van der Waals surface area contributed by atoms with Crippen molar-refractivity contribution < 1.29 is 4.52 Å². The van der Waals surface area contributed by atoms with Crippen molar-refractivity contribution in [1.82, 2.24) is 15.1 Å². The number of anilines is 1. The van der Waals surface area contributed by atoms with E-state index in [0.717, 1.165) is 26.3 Å². The molecule has 0 unspecified atom stereocenters. The Morgan fingerprint density at radius 3 is 2.56 bits per heavy atom. The van der Waals surface area contributed by atoms with E-state index in [-0.39, 0.29) is 0 Å². The molecule has 6 heteroatoms. The summed E-state index contributed by atoms with van der Waals surface area (Å²) in [7, 11) is 0. The van der Waals surface area contributed by atoms with Gasteiger partial charge in [-0.3, -0.25) is 0 Å². The first kappa shape index (κ1) is 11.9. The van der Waals surface area contributed by atoms with Crippen LogP contribution in [0.4, 0.5) is 5.82 Å². The quantitative estimate of drug-likeness (QED) is 0.838. The van der Waals surface area contributed by atoms with Crippen molar-refractivity contribution in [2.75, 3.05) is 5.73 Å². The summed E-state index contributed by atoms with van der Waals surface area (Å²) in [6.45, 7) is 3.75. The van der Waals surface area contributed by atoms with Crippen LogP contribution < -0.4 is 5.73 Å². The zero-order valence-electron chi connectivity index (χ0n) is 10.2. The van der Waals surface area contributed by atoms with E-state index < -0.39 is 0 Å². The maximum atomic E-state index is 5.98. The summed E-state index contributed by atoms with van der Waals surface area (Å²) in [4.78, 5) is 9.03. The van der Waals surface area contributed by atoms with Crippen molar-refractivity contribution in [3.63, 3.8) is 0 Å². The van der Waals surface area contributed by atoms with Gasteiger partial charge in [0, 0.05) is 5.92 Å². The van der Waals surface area contributed by atoms with Gasteiger partial charge in [0.25, 0.3) is 0 Å². The lowest BCUT2D eigenvalue weighted by Crippen LogP contribution is -2.04. The van der Waals surface area contributed by atoms with Crippen molar-refractivity contribution in [3.8, 4) is 11.4 Å². The first-order valence-corrected chi connectivity index (χ1v) is 6.92. The van der Waals surface area contributed by atoms with Crippen LogP contribution in [0.5, 0.6) is 0 Å². The molecule has 18 heavy (non-hydrogen) atoms. The Balaban J connectivity index is 2.18. The lowest BCUT2D eigenvalue weighted by atomic mass is 10.2. The second kappa shape index (κ2) is 4.18. The molecule has 0 aliphatic heterocycles. The first-order valence-electron chi connectivity index (χ1n) is 5.84. The molecule has 0 saturated heterocycles. The largest absolute Gasteiger partial charge is 0.383 e. The Kier molecular flexibility index (Phi) is 2.76. The third-order valence-electron chi connectivity index (χ3n) is 3.12. The number of nitrogens with zero attached hydrogens (tertiary/aromatic N) is 3. The van der Waals surface area contributed by atoms with Crippen molar-refractivity contribution in [2.45, 2.75) is 32.6 Å². The minimum Gasteiger partial charge on any atom is -0.383 e. The van der Waals surface area contributed by atoms with Gasteiger partial charge >= 0.3 is 0 Å². The summed E-state index contributed by atoms with van der Waals surface area (Å²) in [6.07, 6.45) is 2.38. The van der Waals surface area contributed by atoms with Gasteiger partial charge in [-0.1, -0.05) is 5.16 Å². The third-order valence-corrected chi connectivity index (χ3v) is 4.23. The first-order chi connectivity index (χ1) is 8.58. The molecule has 0 atom stereocenters. The van der Waals surface area contributed by atoms with Gasteiger partial charge in [-0.05, 0) is 49.3 Å². The zero-order chi connectivity index (χ0) is 12.9. The number of nitrogens with two attached hydrogens (primary N) is 1. The fourth-order valence-electron chi connectivity index (χ4n) is 2.02. The molecule has 0 amide bonds. The fraction of sp³-hybridized carbons (Fsp3) is 0.417. The van der Waals surface area contributed by atoms with Crippen LogP contribution in [0.3, 0.4) is 0 Å². The smallest absolute Gasteiger partial charge is 0.167 e. The molecule has 2 N–H and O–H groups in total. The molecule has 2 aromatic heterocycles. The van der Waals surface area contributed by atoms with E-state index in [0.29, 0.717) is 17.6 Å². The van der Waals surface area contributed by atoms with Crippen LogP contribution >= 0.6 is 22.6 Å². The molecule has 2 heterocycles. The maximum absolute atomic E-state index is 5.98. The molecule has 3 rings (SSSR count). The van der Waals surface area contributed by atoms with Gasteiger partial charge in [0.05, 0.1) is 20.5 Å². The molecular formula is C12H13IN4O. The lowest BCUT2D eigenvalue weighted by molar-refractivity contribution is 0.393. The molecule has 0 bridgehead atoms. The average Bonchev–Trinajstić information content (AvgIpc) is 3.10. The third kappa shape index (κ3) is 1.88. The number of nitrogen functional groups attached to an aromatic ring is 1. The van der Waals surface area contributed by atoms with Crippen molar-refractivity contribution in [2.24, 2.45) is 0 Å². The van der Waals surface area contributed by atoms with Gasteiger partial charge in [0.2, 0.25) is 0 Å². The van der Waals surface area contributed by atoms with Gasteiger partial charge in [0.15, 0.2) is 5.82 Å². The molecular weight excluding hydrogens is 343 g/mol. The van der Waals surface area contributed by atoms with Crippen LogP contribution in [0.2, 0.25) is 0 Å². The maximum Gasteiger partial charge on any atom is 0.167 e. The monoisotopic (exact) mass is 356 g/mol. The summed E-state index contributed by atoms with van der Waals surface area (Å²) in [5.74, 6) is 2.45. The highest BCUT2D eigenvalue weighted by molar-refractivity contribution is 14.1. The summed E-state index contributed by atoms with van der Waals surface area (Å²) in [6, 6.07) is 0. The topological polar surface area (TPSA) is 77.8 Å². The molecule has 94 valence electrons. The lowest BCUT2D eigenvalue weighted by Gasteiger charge is -2.07. The Morgan fingerprint density at radius 1 is 1.28 bits per heavy atom. The molecule has 0 spiro atoms. The number of aromatic nitrogens is 3. The van der Waals surface area contributed by atoms with E-state index in [4.69, 9.17) is 10.3 Å². The molecule has 1 aliphatic rings. The highest BCUT2D eigenvalue weighted by Crippen LogP contribution is 2.42. The van der Waals surface area contributed by atoms with Crippen molar-refractivity contribution in [1.29, 1.82) is 0 Å². The van der Waals surface area contributed by atoms with E-state index in [9.17, 15) is 0 Å². The molecule has 2 aromatic rings. The Hall–Kier alpha value is -1.18. The summed E-state index contributed by atoms with van der Waals surface area (Å²) in [5, 5.41) is 3.94. The summed E-state index contributed by atoms with van der Waals surface area (Å²) < 4.78 is 6.14. The number of rotatable bonds is 2. The van der Waals surface area contributed by atoms with Crippen molar-refractivity contribution in [3.05, 3.63) is 20.7 Å². The van der Waals surface area contributed by atoms with Crippen LogP contribution in [0.25, 0.3) is 11.4 Å². The zero-order valence-corrected chi connectivity index (χ0v) is 12.4. The standard InChI is InChI=1S/C12H13IN4O/c1-5-8(6(2)18-17-5)12-15-10(7-3-4-7)9(13)11(14)16-12/h7H,3-4H2,1-2H3,(H2,14,15,16). The molecule has 1 saturated carbocycles. The summed E-state index contributed by atoms with van der Waals surface area (Å²) in [5.41, 5.74) is 8.71. The summed E-state index contributed by atoms with van der Waals surface area (Å²) >= 11 is 2.22. The second-order valence-electron chi connectivity index (χ2n) is 4.61. The van der Waals surface area contributed by atoms with Gasteiger partial charge in [-0.2, -0.15) is 0 Å².